The second-order valence-corrected chi connectivity index (χ2v) is 7.25. The Balaban J connectivity index is 1.75. The van der Waals surface area contributed by atoms with E-state index >= 15 is 0 Å². The Kier molecular flexibility index (Phi) is 5.48. The molecule has 1 heterocycles. The third-order valence-corrected chi connectivity index (χ3v) is 5.20. The molecule has 132 valence electrons. The Morgan fingerprint density at radius 1 is 1.23 bits per heavy atom. The lowest BCUT2D eigenvalue weighted by atomic mass is 10.2. The summed E-state index contributed by atoms with van der Waals surface area (Å²) in [5, 5.41) is 19.7. The number of hydrogen-bond acceptors (Lipinski definition) is 6. The zero-order valence-electron chi connectivity index (χ0n) is 13.6. The number of benzene rings is 2. The second kappa shape index (κ2) is 7.79. The van der Waals surface area contributed by atoms with Crippen molar-refractivity contribution in [2.45, 2.75) is 5.16 Å². The van der Waals surface area contributed by atoms with Crippen LogP contribution < -0.4 is 0 Å². The van der Waals surface area contributed by atoms with Crippen molar-refractivity contribution in [2.24, 2.45) is 7.05 Å². The van der Waals surface area contributed by atoms with Gasteiger partial charge < -0.3 is 4.57 Å². The fourth-order valence-electron chi connectivity index (χ4n) is 2.30. The number of non-ortho nitro benzene ring substituents is 1. The molecular formula is C17H13BrN4O3S. The molecule has 0 aliphatic heterocycles. The Morgan fingerprint density at radius 3 is 2.65 bits per heavy atom. The number of hydrogen-bond donors (Lipinski definition) is 0. The van der Waals surface area contributed by atoms with Crippen LogP contribution in [0.3, 0.4) is 0 Å². The maximum absolute atomic E-state index is 12.3. The van der Waals surface area contributed by atoms with Crippen LogP contribution in [0.4, 0.5) is 5.69 Å². The summed E-state index contributed by atoms with van der Waals surface area (Å²) in [6.07, 6.45) is 0. The lowest BCUT2D eigenvalue weighted by Crippen LogP contribution is -2.03. The van der Waals surface area contributed by atoms with Crippen LogP contribution in [0.15, 0.2) is 58.2 Å². The molecule has 1 aromatic heterocycles. The minimum atomic E-state index is -0.452. The molecule has 0 atom stereocenters. The van der Waals surface area contributed by atoms with Gasteiger partial charge in [-0.15, -0.1) is 10.2 Å². The fraction of sp³-hybridized carbons (Fsp3) is 0.118. The van der Waals surface area contributed by atoms with E-state index < -0.39 is 4.92 Å². The van der Waals surface area contributed by atoms with Crippen molar-refractivity contribution >= 4 is 39.2 Å². The Morgan fingerprint density at radius 2 is 1.96 bits per heavy atom. The van der Waals surface area contributed by atoms with E-state index in [4.69, 9.17) is 0 Å². The van der Waals surface area contributed by atoms with Gasteiger partial charge in [-0.25, -0.2) is 0 Å². The molecule has 0 unspecified atom stereocenters. The topological polar surface area (TPSA) is 90.9 Å². The van der Waals surface area contributed by atoms with E-state index in [0.29, 0.717) is 22.1 Å². The fourth-order valence-corrected chi connectivity index (χ4v) is 3.37. The molecular weight excluding hydrogens is 420 g/mol. The molecule has 0 aliphatic rings. The number of thioether (sulfide) groups is 1. The highest BCUT2D eigenvalue weighted by atomic mass is 79.9. The van der Waals surface area contributed by atoms with Crippen molar-refractivity contribution < 1.29 is 9.72 Å². The van der Waals surface area contributed by atoms with Gasteiger partial charge in [-0.2, -0.15) is 0 Å². The van der Waals surface area contributed by atoms with E-state index in [1.165, 1.54) is 23.9 Å². The molecule has 0 spiro atoms. The van der Waals surface area contributed by atoms with Gasteiger partial charge in [0.05, 0.1) is 10.7 Å². The molecule has 26 heavy (non-hydrogen) atoms. The van der Waals surface area contributed by atoms with E-state index in [-0.39, 0.29) is 17.2 Å². The van der Waals surface area contributed by atoms with Crippen LogP contribution >= 0.6 is 27.7 Å². The molecule has 0 fully saturated rings. The van der Waals surface area contributed by atoms with Crippen molar-refractivity contribution in [1.29, 1.82) is 0 Å². The van der Waals surface area contributed by atoms with Gasteiger partial charge in [-0.1, -0.05) is 52.0 Å². The molecule has 0 radical (unpaired) electrons. The van der Waals surface area contributed by atoms with Gasteiger partial charge in [-0.3, -0.25) is 14.9 Å². The number of aromatic nitrogens is 3. The summed E-state index contributed by atoms with van der Waals surface area (Å²) in [5.41, 5.74) is 1.21. The van der Waals surface area contributed by atoms with Crippen molar-refractivity contribution in [3.63, 3.8) is 0 Å². The smallest absolute Gasteiger partial charge is 0.270 e. The zero-order chi connectivity index (χ0) is 18.7. The molecule has 0 N–H and O–H groups in total. The van der Waals surface area contributed by atoms with E-state index in [9.17, 15) is 14.9 Å². The number of Topliss-reactive ketones (excluding diaryl/α,β-unsaturated/α-hetero) is 1. The number of carbonyl (C=O) groups excluding carboxylic acids is 1. The number of nitro benzene ring substituents is 1. The van der Waals surface area contributed by atoms with Gasteiger partial charge in [0.15, 0.2) is 16.8 Å². The van der Waals surface area contributed by atoms with E-state index in [2.05, 4.69) is 26.1 Å². The molecule has 2 aromatic carbocycles. The van der Waals surface area contributed by atoms with Gasteiger partial charge >= 0.3 is 0 Å². The summed E-state index contributed by atoms with van der Waals surface area (Å²) < 4.78 is 2.63. The molecule has 0 saturated carbocycles. The van der Waals surface area contributed by atoms with Gasteiger partial charge in [0.2, 0.25) is 0 Å². The number of nitro groups is 1. The third-order valence-electron chi connectivity index (χ3n) is 3.65. The Bertz CT molecular complexity index is 972. The van der Waals surface area contributed by atoms with Crippen LogP contribution in [0, 0.1) is 10.1 Å². The SMILES string of the molecule is Cn1c(SCC(=O)c2ccc(Br)cc2)nnc1-c1cccc([N+](=O)[O-])c1. The van der Waals surface area contributed by atoms with Crippen LogP contribution in [0.2, 0.25) is 0 Å². The number of halogens is 1. The predicted molar refractivity (Wildman–Crippen MR) is 102 cm³/mol. The van der Waals surface area contributed by atoms with E-state index in [1.807, 2.05) is 12.1 Å². The summed E-state index contributed by atoms with van der Waals surface area (Å²) in [6.45, 7) is 0. The molecule has 0 bridgehead atoms. The first-order valence-corrected chi connectivity index (χ1v) is 9.29. The molecule has 3 aromatic rings. The lowest BCUT2D eigenvalue weighted by molar-refractivity contribution is -0.384. The summed E-state index contributed by atoms with van der Waals surface area (Å²) >= 11 is 4.61. The molecule has 7 nitrogen and oxygen atoms in total. The van der Waals surface area contributed by atoms with E-state index in [1.54, 1.807) is 35.9 Å². The van der Waals surface area contributed by atoms with Gasteiger partial charge in [-0.05, 0) is 12.1 Å². The quantitative estimate of drug-likeness (QED) is 0.251. The third kappa shape index (κ3) is 4.00. The number of carbonyl (C=O) groups is 1. The first-order chi connectivity index (χ1) is 12.5. The first-order valence-electron chi connectivity index (χ1n) is 7.51. The highest BCUT2D eigenvalue weighted by Gasteiger charge is 2.15. The number of ketones is 1. The van der Waals surface area contributed by atoms with E-state index in [0.717, 1.165) is 4.47 Å². The first kappa shape index (κ1) is 18.3. The summed E-state index contributed by atoms with van der Waals surface area (Å²) in [5.74, 6) is 0.720. The Hall–Kier alpha value is -2.52. The maximum atomic E-state index is 12.3. The summed E-state index contributed by atoms with van der Waals surface area (Å²) in [7, 11) is 1.76. The predicted octanol–water partition coefficient (Wildman–Crippen LogP) is 4.13. The number of rotatable bonds is 6. The molecule has 9 heteroatoms. The Labute approximate surface area is 161 Å². The minimum absolute atomic E-state index is 0.00915. The van der Waals surface area contributed by atoms with Crippen molar-refractivity contribution in [3.05, 3.63) is 68.7 Å². The van der Waals surface area contributed by atoms with Crippen molar-refractivity contribution in [2.75, 3.05) is 5.75 Å². The lowest BCUT2D eigenvalue weighted by Gasteiger charge is -2.04. The number of nitrogens with zero attached hydrogens (tertiary/aromatic N) is 4. The largest absolute Gasteiger partial charge is 0.305 e. The molecule has 0 aliphatic carbocycles. The van der Waals surface area contributed by atoms with Gasteiger partial charge in [0.1, 0.15) is 0 Å². The highest BCUT2D eigenvalue weighted by molar-refractivity contribution is 9.10. The highest BCUT2D eigenvalue weighted by Crippen LogP contribution is 2.26. The van der Waals surface area contributed by atoms with Crippen LogP contribution in [0.1, 0.15) is 10.4 Å². The van der Waals surface area contributed by atoms with Gasteiger partial charge in [0, 0.05) is 34.8 Å². The normalized spacial score (nSPS) is 10.7. The second-order valence-electron chi connectivity index (χ2n) is 5.39. The average molecular weight is 433 g/mol. The molecule has 0 saturated heterocycles. The monoisotopic (exact) mass is 432 g/mol. The maximum Gasteiger partial charge on any atom is 0.270 e. The minimum Gasteiger partial charge on any atom is -0.305 e. The summed E-state index contributed by atoms with van der Waals surface area (Å²) in [4.78, 5) is 22.7. The van der Waals surface area contributed by atoms with Crippen molar-refractivity contribution in [1.82, 2.24) is 14.8 Å². The molecule has 3 rings (SSSR count). The van der Waals surface area contributed by atoms with Crippen LogP contribution in [0.5, 0.6) is 0 Å². The molecule has 0 amide bonds. The van der Waals surface area contributed by atoms with Crippen LogP contribution in [-0.4, -0.2) is 31.2 Å². The van der Waals surface area contributed by atoms with Gasteiger partial charge in [0.25, 0.3) is 5.69 Å². The standard InChI is InChI=1S/C17H13BrN4O3S/c1-21-16(12-3-2-4-14(9-12)22(24)25)19-20-17(21)26-10-15(23)11-5-7-13(18)8-6-11/h2-9H,10H2,1H3. The van der Waals surface area contributed by atoms with Crippen LogP contribution in [0.25, 0.3) is 11.4 Å². The van der Waals surface area contributed by atoms with Crippen LogP contribution in [-0.2, 0) is 7.05 Å². The average Bonchev–Trinajstić information content (AvgIpc) is 3.01. The van der Waals surface area contributed by atoms with Crippen molar-refractivity contribution in [3.8, 4) is 11.4 Å². The zero-order valence-corrected chi connectivity index (χ0v) is 16.0. The summed E-state index contributed by atoms with van der Waals surface area (Å²) in [6, 6.07) is 13.4.